The molecule has 0 unspecified atom stereocenters. The maximum Gasteiger partial charge on any atom is 0.475 e. The van der Waals surface area contributed by atoms with Gasteiger partial charge in [0.2, 0.25) is 11.8 Å². The lowest BCUT2D eigenvalue weighted by Gasteiger charge is -2.29. The van der Waals surface area contributed by atoms with Crippen molar-refractivity contribution in [1.82, 2.24) is 15.6 Å². The van der Waals surface area contributed by atoms with E-state index in [1.54, 1.807) is 12.4 Å². The molecule has 1 atom stereocenters. The van der Waals surface area contributed by atoms with Gasteiger partial charge in [0.1, 0.15) is 5.41 Å². The molecule has 0 saturated heterocycles. The average Bonchev–Trinajstić information content (AvgIpc) is 3.17. The number of hydrogen-bond donors (Lipinski definition) is 5. The van der Waals surface area contributed by atoms with Crippen molar-refractivity contribution in [2.75, 3.05) is 13.1 Å². The van der Waals surface area contributed by atoms with Crippen molar-refractivity contribution in [1.29, 1.82) is 0 Å². The first kappa shape index (κ1) is 21.3. The number of aromatic nitrogens is 1. The van der Waals surface area contributed by atoms with E-state index < -0.39 is 24.4 Å². The predicted octanol–water partition coefficient (Wildman–Crippen LogP) is -0.464. The highest BCUT2D eigenvalue weighted by molar-refractivity contribution is 6.43. The van der Waals surface area contributed by atoms with E-state index >= 15 is 0 Å². The molecule has 148 valence electrons. The Kier molecular flexibility index (Phi) is 8.21. The van der Waals surface area contributed by atoms with Gasteiger partial charge in [-0.15, -0.1) is 0 Å². The number of pyridine rings is 1. The summed E-state index contributed by atoms with van der Waals surface area (Å²) < 4.78 is 0. The van der Waals surface area contributed by atoms with Gasteiger partial charge in [-0.2, -0.15) is 0 Å². The molecule has 1 fully saturated rings. The molecule has 0 aliphatic heterocycles. The third-order valence-electron chi connectivity index (χ3n) is 5.14. The maximum atomic E-state index is 12.9. The number of carbonyl (C=O) groups excluding carboxylic acids is 2. The largest absolute Gasteiger partial charge is 0.475 e. The van der Waals surface area contributed by atoms with Gasteiger partial charge in [-0.3, -0.25) is 14.6 Å². The van der Waals surface area contributed by atoms with Crippen molar-refractivity contribution >= 4 is 18.9 Å². The molecule has 1 saturated carbocycles. The lowest BCUT2D eigenvalue weighted by molar-refractivity contribution is -0.143. The van der Waals surface area contributed by atoms with Gasteiger partial charge in [0.25, 0.3) is 0 Å². The summed E-state index contributed by atoms with van der Waals surface area (Å²) >= 11 is 0. The van der Waals surface area contributed by atoms with Crippen molar-refractivity contribution in [2.24, 2.45) is 11.1 Å². The molecule has 0 aromatic carbocycles. The summed E-state index contributed by atoms with van der Waals surface area (Å²) in [4.78, 5) is 29.8. The van der Waals surface area contributed by atoms with E-state index in [0.717, 1.165) is 18.4 Å². The monoisotopic (exact) mass is 376 g/mol. The van der Waals surface area contributed by atoms with Crippen LogP contribution < -0.4 is 16.4 Å². The van der Waals surface area contributed by atoms with Crippen molar-refractivity contribution < 1.29 is 19.6 Å². The summed E-state index contributed by atoms with van der Waals surface area (Å²) in [5.74, 6) is -1.57. The number of nitrogens with one attached hydrogen (secondary N) is 2. The highest BCUT2D eigenvalue weighted by Crippen LogP contribution is 2.38. The van der Waals surface area contributed by atoms with E-state index in [1.807, 2.05) is 12.1 Å². The van der Waals surface area contributed by atoms with Gasteiger partial charge >= 0.3 is 7.12 Å². The summed E-state index contributed by atoms with van der Waals surface area (Å²) in [6, 6.07) is 3.77. The third-order valence-corrected chi connectivity index (χ3v) is 5.14. The van der Waals surface area contributed by atoms with Gasteiger partial charge in [0.15, 0.2) is 0 Å². The number of carbonyl (C=O) groups is 2. The predicted molar refractivity (Wildman–Crippen MR) is 102 cm³/mol. The fraction of sp³-hybridized carbons (Fsp3) is 0.611. The zero-order valence-corrected chi connectivity index (χ0v) is 15.6. The molecule has 2 rings (SSSR count). The molecule has 27 heavy (non-hydrogen) atoms. The SMILES string of the molecule is NCCC[C@H](NC(=O)C1(C(=O)NCCc2cccnc2)CCCC1)B(O)O. The van der Waals surface area contributed by atoms with Crippen molar-refractivity contribution in [3.8, 4) is 0 Å². The third kappa shape index (κ3) is 5.75. The van der Waals surface area contributed by atoms with Crippen LogP contribution >= 0.6 is 0 Å². The van der Waals surface area contributed by atoms with E-state index in [9.17, 15) is 19.6 Å². The van der Waals surface area contributed by atoms with Crippen LogP contribution in [0.1, 0.15) is 44.1 Å². The molecule has 0 radical (unpaired) electrons. The van der Waals surface area contributed by atoms with Crippen LogP contribution in [0.25, 0.3) is 0 Å². The van der Waals surface area contributed by atoms with Crippen LogP contribution in [0.4, 0.5) is 0 Å². The lowest BCUT2D eigenvalue weighted by Crippen LogP contribution is -2.56. The minimum absolute atomic E-state index is 0.300. The molecular formula is C18H29BN4O4. The number of nitrogens with two attached hydrogens (primary N) is 1. The minimum atomic E-state index is -1.69. The molecule has 1 aromatic rings. The number of hydrogen-bond acceptors (Lipinski definition) is 6. The summed E-state index contributed by atoms with van der Waals surface area (Å²) in [7, 11) is -1.69. The fourth-order valence-electron chi connectivity index (χ4n) is 3.51. The van der Waals surface area contributed by atoms with E-state index in [-0.39, 0.29) is 5.91 Å². The Morgan fingerprint density at radius 1 is 1.30 bits per heavy atom. The van der Waals surface area contributed by atoms with Crippen LogP contribution in [0.15, 0.2) is 24.5 Å². The second-order valence-corrected chi connectivity index (χ2v) is 7.08. The molecular weight excluding hydrogens is 347 g/mol. The fourth-order valence-corrected chi connectivity index (χ4v) is 3.51. The summed E-state index contributed by atoms with van der Waals surface area (Å²) in [5.41, 5.74) is 5.32. The van der Waals surface area contributed by atoms with Crippen molar-refractivity contribution in [3.63, 3.8) is 0 Å². The molecule has 8 nitrogen and oxygen atoms in total. The quantitative estimate of drug-likeness (QED) is 0.277. The normalized spacial score (nSPS) is 16.6. The second-order valence-electron chi connectivity index (χ2n) is 7.08. The Hall–Kier alpha value is -1.97. The molecule has 1 aliphatic carbocycles. The molecule has 1 heterocycles. The second kappa shape index (κ2) is 10.4. The van der Waals surface area contributed by atoms with Gasteiger partial charge in [-0.05, 0) is 50.3 Å². The molecule has 9 heteroatoms. The first-order valence-electron chi connectivity index (χ1n) is 9.54. The van der Waals surface area contributed by atoms with E-state index in [0.29, 0.717) is 45.2 Å². The number of amides is 2. The first-order chi connectivity index (χ1) is 13.0. The topological polar surface area (TPSA) is 138 Å². The summed E-state index contributed by atoms with van der Waals surface area (Å²) in [6.07, 6.45) is 7.46. The van der Waals surface area contributed by atoms with Gasteiger partial charge in [0, 0.05) is 18.9 Å². The van der Waals surface area contributed by atoms with E-state index in [1.165, 1.54) is 0 Å². The van der Waals surface area contributed by atoms with Crippen molar-refractivity contribution in [2.45, 2.75) is 50.9 Å². The van der Waals surface area contributed by atoms with E-state index in [2.05, 4.69) is 15.6 Å². The Labute approximate surface area is 160 Å². The number of rotatable bonds is 10. The zero-order valence-electron chi connectivity index (χ0n) is 15.6. The standard InChI is InChI=1S/C18H29BN4O4/c20-10-3-6-15(19(26)27)23-17(25)18(8-1-2-9-18)16(24)22-12-7-14-5-4-11-21-13-14/h4-5,11,13,15,26-27H,1-3,6-10,12,20H2,(H,22,24)(H,23,25)/t15-/m0/s1. The van der Waals surface area contributed by atoms with Gasteiger partial charge in [-0.1, -0.05) is 18.9 Å². The van der Waals surface area contributed by atoms with Crippen molar-refractivity contribution in [3.05, 3.63) is 30.1 Å². The minimum Gasteiger partial charge on any atom is -0.426 e. The van der Waals surface area contributed by atoms with Crippen LogP contribution in [-0.4, -0.2) is 53.0 Å². The van der Waals surface area contributed by atoms with Crippen LogP contribution in [0, 0.1) is 5.41 Å². The Morgan fingerprint density at radius 3 is 2.63 bits per heavy atom. The summed E-state index contributed by atoms with van der Waals surface area (Å²) in [6.45, 7) is 0.803. The molecule has 0 bridgehead atoms. The van der Waals surface area contributed by atoms with Crippen LogP contribution in [0.5, 0.6) is 0 Å². The maximum absolute atomic E-state index is 12.9. The van der Waals surface area contributed by atoms with Gasteiger partial charge in [0.05, 0.1) is 5.94 Å². The Balaban J connectivity index is 1.97. The van der Waals surface area contributed by atoms with Crippen LogP contribution in [-0.2, 0) is 16.0 Å². The Bertz CT molecular complexity index is 609. The highest BCUT2D eigenvalue weighted by atomic mass is 16.4. The average molecular weight is 376 g/mol. The van der Waals surface area contributed by atoms with Gasteiger partial charge < -0.3 is 26.4 Å². The molecule has 2 amide bonds. The zero-order chi connectivity index (χ0) is 19.7. The van der Waals surface area contributed by atoms with Crippen LogP contribution in [0.2, 0.25) is 0 Å². The van der Waals surface area contributed by atoms with E-state index in [4.69, 9.17) is 5.73 Å². The highest BCUT2D eigenvalue weighted by Gasteiger charge is 2.48. The Morgan fingerprint density at radius 2 is 2.04 bits per heavy atom. The molecule has 0 spiro atoms. The first-order valence-corrected chi connectivity index (χ1v) is 9.54. The smallest absolute Gasteiger partial charge is 0.426 e. The van der Waals surface area contributed by atoms with Crippen LogP contribution in [0.3, 0.4) is 0 Å². The number of nitrogens with zero attached hydrogens (tertiary/aromatic N) is 1. The van der Waals surface area contributed by atoms with Gasteiger partial charge in [-0.25, -0.2) is 0 Å². The molecule has 6 N–H and O–H groups in total. The summed E-state index contributed by atoms with van der Waals surface area (Å²) in [5, 5.41) is 24.6. The molecule has 1 aliphatic rings. The lowest BCUT2D eigenvalue weighted by atomic mass is 9.75. The molecule has 1 aromatic heterocycles.